The molecule has 5 nitrogen and oxygen atoms in total. The highest BCUT2D eigenvalue weighted by molar-refractivity contribution is 9.10. The lowest BCUT2D eigenvalue weighted by atomic mass is 9.90. The van der Waals surface area contributed by atoms with Crippen LogP contribution in [0.2, 0.25) is 0 Å². The van der Waals surface area contributed by atoms with Crippen molar-refractivity contribution in [2.75, 3.05) is 19.6 Å². The molecule has 1 aliphatic rings. The highest BCUT2D eigenvalue weighted by Crippen LogP contribution is 2.29. The van der Waals surface area contributed by atoms with Crippen LogP contribution in [0.1, 0.15) is 19.2 Å². The molecule has 0 amide bonds. The molecule has 1 aromatic carbocycles. The first-order valence-electron chi connectivity index (χ1n) is 7.09. The number of benzene rings is 1. The van der Waals surface area contributed by atoms with Gasteiger partial charge in [0.1, 0.15) is 0 Å². The van der Waals surface area contributed by atoms with E-state index in [1.807, 2.05) is 24.3 Å². The zero-order valence-electron chi connectivity index (χ0n) is 12.1. The van der Waals surface area contributed by atoms with E-state index in [1.165, 1.54) is 0 Å². The van der Waals surface area contributed by atoms with Crippen molar-refractivity contribution in [2.24, 2.45) is 11.1 Å². The maximum absolute atomic E-state index is 5.84. The van der Waals surface area contributed by atoms with Crippen molar-refractivity contribution in [3.8, 4) is 11.4 Å². The summed E-state index contributed by atoms with van der Waals surface area (Å²) in [5, 5.41) is 4.07. The Balaban J connectivity index is 1.69. The van der Waals surface area contributed by atoms with Crippen LogP contribution in [0.5, 0.6) is 0 Å². The van der Waals surface area contributed by atoms with Crippen molar-refractivity contribution in [2.45, 2.75) is 19.9 Å². The zero-order chi connectivity index (χ0) is 14.9. The Morgan fingerprint density at radius 1 is 1.48 bits per heavy atom. The van der Waals surface area contributed by atoms with E-state index in [9.17, 15) is 0 Å². The highest BCUT2D eigenvalue weighted by Gasteiger charge is 2.33. The van der Waals surface area contributed by atoms with Gasteiger partial charge in [0, 0.05) is 16.6 Å². The van der Waals surface area contributed by atoms with E-state index in [1.54, 1.807) is 0 Å². The predicted octanol–water partition coefficient (Wildman–Crippen LogP) is 2.67. The Morgan fingerprint density at radius 2 is 2.33 bits per heavy atom. The second-order valence-electron chi connectivity index (χ2n) is 6.00. The molecule has 2 heterocycles. The predicted molar refractivity (Wildman–Crippen MR) is 84.5 cm³/mol. The number of nitrogens with zero attached hydrogens (tertiary/aromatic N) is 3. The van der Waals surface area contributed by atoms with E-state index in [-0.39, 0.29) is 5.41 Å². The van der Waals surface area contributed by atoms with E-state index in [2.05, 4.69) is 37.9 Å². The molecule has 6 heteroatoms. The van der Waals surface area contributed by atoms with Gasteiger partial charge in [-0.15, -0.1) is 0 Å². The molecule has 1 saturated heterocycles. The fourth-order valence-corrected chi connectivity index (χ4v) is 3.08. The molecule has 2 N–H and O–H groups in total. The Labute approximate surface area is 132 Å². The van der Waals surface area contributed by atoms with Crippen LogP contribution < -0.4 is 5.73 Å². The first-order chi connectivity index (χ1) is 10.1. The summed E-state index contributed by atoms with van der Waals surface area (Å²) in [6.07, 6.45) is 1.12. The molecular weight excluding hydrogens is 332 g/mol. The molecule has 1 fully saturated rings. The van der Waals surface area contributed by atoms with Crippen LogP contribution in [-0.4, -0.2) is 34.7 Å². The molecule has 0 aliphatic carbocycles. The molecule has 112 valence electrons. The third-order valence-corrected chi connectivity index (χ3v) is 4.53. The van der Waals surface area contributed by atoms with Gasteiger partial charge < -0.3 is 10.3 Å². The minimum Gasteiger partial charge on any atom is -0.338 e. The zero-order valence-corrected chi connectivity index (χ0v) is 13.6. The summed E-state index contributed by atoms with van der Waals surface area (Å²) in [7, 11) is 0. The van der Waals surface area contributed by atoms with Crippen LogP contribution in [0, 0.1) is 5.41 Å². The number of rotatable bonds is 4. The van der Waals surface area contributed by atoms with Gasteiger partial charge in [0.2, 0.25) is 11.7 Å². The minimum absolute atomic E-state index is 0.215. The highest BCUT2D eigenvalue weighted by atomic mass is 79.9. The van der Waals surface area contributed by atoms with Crippen molar-refractivity contribution in [1.82, 2.24) is 15.0 Å². The van der Waals surface area contributed by atoms with Crippen LogP contribution in [0.25, 0.3) is 11.4 Å². The molecule has 0 radical (unpaired) electrons. The van der Waals surface area contributed by atoms with Crippen LogP contribution in [-0.2, 0) is 6.54 Å². The maximum atomic E-state index is 5.84. The van der Waals surface area contributed by atoms with Gasteiger partial charge in [-0.05, 0) is 37.1 Å². The average molecular weight is 351 g/mol. The standard InChI is InChI=1S/C15H19BrN4O/c1-15(9-17)5-6-20(10-15)8-13-18-14(19-21-13)11-3-2-4-12(16)7-11/h2-4,7H,5-6,8-10,17H2,1H3. The molecule has 3 rings (SSSR count). The van der Waals surface area contributed by atoms with Crippen LogP contribution in [0.15, 0.2) is 33.3 Å². The molecule has 2 aromatic rings. The van der Waals surface area contributed by atoms with Gasteiger partial charge >= 0.3 is 0 Å². The summed E-state index contributed by atoms with van der Waals surface area (Å²) in [4.78, 5) is 6.81. The number of nitrogens with two attached hydrogens (primary N) is 1. The normalized spacial score (nSPS) is 22.8. The molecule has 0 bridgehead atoms. The second kappa shape index (κ2) is 5.87. The lowest BCUT2D eigenvalue weighted by Crippen LogP contribution is -2.31. The first kappa shape index (κ1) is 14.7. The lowest BCUT2D eigenvalue weighted by molar-refractivity contribution is 0.239. The fourth-order valence-electron chi connectivity index (χ4n) is 2.68. The van der Waals surface area contributed by atoms with E-state index in [4.69, 9.17) is 10.3 Å². The van der Waals surface area contributed by atoms with Crippen molar-refractivity contribution in [3.05, 3.63) is 34.6 Å². The van der Waals surface area contributed by atoms with Gasteiger partial charge in [-0.1, -0.05) is 40.1 Å². The summed E-state index contributed by atoms with van der Waals surface area (Å²) in [5.74, 6) is 1.29. The van der Waals surface area contributed by atoms with E-state index < -0.39 is 0 Å². The van der Waals surface area contributed by atoms with Gasteiger partial charge in [0.25, 0.3) is 0 Å². The number of likely N-dealkylation sites (tertiary alicyclic amines) is 1. The number of hydrogen-bond donors (Lipinski definition) is 1. The summed E-state index contributed by atoms with van der Waals surface area (Å²) in [5.41, 5.74) is 7.00. The van der Waals surface area contributed by atoms with Gasteiger partial charge in [-0.3, -0.25) is 4.90 Å². The number of hydrogen-bond acceptors (Lipinski definition) is 5. The summed E-state index contributed by atoms with van der Waals surface area (Å²) >= 11 is 3.45. The van der Waals surface area contributed by atoms with Gasteiger partial charge in [-0.25, -0.2) is 0 Å². The Bertz CT molecular complexity index is 630. The fraction of sp³-hybridized carbons (Fsp3) is 0.467. The average Bonchev–Trinajstić information content (AvgIpc) is 3.07. The molecule has 21 heavy (non-hydrogen) atoms. The second-order valence-corrected chi connectivity index (χ2v) is 6.91. The van der Waals surface area contributed by atoms with Gasteiger partial charge in [-0.2, -0.15) is 4.98 Å². The lowest BCUT2D eigenvalue weighted by Gasteiger charge is -2.21. The molecule has 1 aliphatic heterocycles. The van der Waals surface area contributed by atoms with Crippen molar-refractivity contribution in [3.63, 3.8) is 0 Å². The molecule has 1 aromatic heterocycles. The van der Waals surface area contributed by atoms with Crippen LogP contribution in [0.4, 0.5) is 0 Å². The van der Waals surface area contributed by atoms with Gasteiger partial charge in [0.05, 0.1) is 6.54 Å². The Hall–Kier alpha value is -1.24. The van der Waals surface area contributed by atoms with Crippen molar-refractivity contribution in [1.29, 1.82) is 0 Å². The largest absolute Gasteiger partial charge is 0.338 e. The third-order valence-electron chi connectivity index (χ3n) is 4.04. The molecule has 0 saturated carbocycles. The quantitative estimate of drug-likeness (QED) is 0.917. The maximum Gasteiger partial charge on any atom is 0.241 e. The van der Waals surface area contributed by atoms with E-state index >= 15 is 0 Å². The number of halogens is 1. The molecular formula is C15H19BrN4O. The SMILES string of the molecule is CC1(CN)CCN(Cc2nc(-c3cccc(Br)c3)no2)C1. The minimum atomic E-state index is 0.215. The molecule has 1 unspecified atom stereocenters. The Kier molecular flexibility index (Phi) is 4.10. The monoisotopic (exact) mass is 350 g/mol. The molecule has 0 spiro atoms. The van der Waals surface area contributed by atoms with Crippen LogP contribution >= 0.6 is 15.9 Å². The van der Waals surface area contributed by atoms with E-state index in [0.717, 1.165) is 36.1 Å². The third kappa shape index (κ3) is 3.33. The van der Waals surface area contributed by atoms with Gasteiger partial charge in [0.15, 0.2) is 0 Å². The van der Waals surface area contributed by atoms with Crippen LogP contribution in [0.3, 0.4) is 0 Å². The Morgan fingerprint density at radius 3 is 3.05 bits per heavy atom. The summed E-state index contributed by atoms with van der Waals surface area (Å²) in [6, 6.07) is 7.89. The summed E-state index contributed by atoms with van der Waals surface area (Å²) < 4.78 is 6.38. The topological polar surface area (TPSA) is 68.2 Å². The number of aromatic nitrogens is 2. The smallest absolute Gasteiger partial charge is 0.241 e. The van der Waals surface area contributed by atoms with Crippen molar-refractivity contribution < 1.29 is 4.52 Å². The first-order valence-corrected chi connectivity index (χ1v) is 7.88. The van der Waals surface area contributed by atoms with Crippen molar-refractivity contribution >= 4 is 15.9 Å². The summed E-state index contributed by atoms with van der Waals surface area (Å²) in [6.45, 7) is 5.65. The van der Waals surface area contributed by atoms with E-state index in [0.29, 0.717) is 18.3 Å². The molecule has 1 atom stereocenters.